The summed E-state index contributed by atoms with van der Waals surface area (Å²) in [5.41, 5.74) is 7.93. The second kappa shape index (κ2) is 8.01. The predicted octanol–water partition coefficient (Wildman–Crippen LogP) is 3.92. The molecular formula is C25H26N4O. The number of pyridine rings is 1. The monoisotopic (exact) mass is 398 g/mol. The number of fused-ring (bicyclic) bond motifs is 1. The van der Waals surface area contributed by atoms with E-state index >= 15 is 0 Å². The van der Waals surface area contributed by atoms with E-state index in [1.54, 1.807) is 12.1 Å². The highest BCUT2D eigenvalue weighted by molar-refractivity contribution is 6.03. The SMILES string of the molecule is CC1=NCc2nc(-c3ccc(O)cc3)cc(CN3CCNCC3c3ccccc3)c21. The van der Waals surface area contributed by atoms with Gasteiger partial charge in [0.2, 0.25) is 0 Å². The van der Waals surface area contributed by atoms with Crippen molar-refractivity contribution in [1.29, 1.82) is 0 Å². The molecule has 1 saturated heterocycles. The zero-order valence-electron chi connectivity index (χ0n) is 17.2. The van der Waals surface area contributed by atoms with Crippen LogP contribution in [-0.4, -0.2) is 40.3 Å². The number of benzene rings is 2. The van der Waals surface area contributed by atoms with Gasteiger partial charge in [-0.1, -0.05) is 30.3 Å². The van der Waals surface area contributed by atoms with Crippen molar-refractivity contribution < 1.29 is 5.11 Å². The van der Waals surface area contributed by atoms with Gasteiger partial charge in [0.1, 0.15) is 5.75 Å². The van der Waals surface area contributed by atoms with Gasteiger partial charge in [-0.3, -0.25) is 14.9 Å². The van der Waals surface area contributed by atoms with Crippen molar-refractivity contribution in [3.8, 4) is 17.0 Å². The first-order chi connectivity index (χ1) is 14.7. The molecule has 3 heterocycles. The van der Waals surface area contributed by atoms with Gasteiger partial charge in [0.25, 0.3) is 0 Å². The normalized spacial score (nSPS) is 18.8. The molecule has 2 aliphatic heterocycles. The van der Waals surface area contributed by atoms with E-state index in [0.717, 1.165) is 48.8 Å². The Morgan fingerprint density at radius 1 is 1.10 bits per heavy atom. The Labute approximate surface area is 177 Å². The number of nitrogens with one attached hydrogen (secondary N) is 1. The van der Waals surface area contributed by atoms with Crippen molar-refractivity contribution in [3.63, 3.8) is 0 Å². The Kier molecular flexibility index (Phi) is 5.07. The smallest absolute Gasteiger partial charge is 0.115 e. The average Bonchev–Trinajstić information content (AvgIpc) is 3.16. The number of aromatic nitrogens is 1. The van der Waals surface area contributed by atoms with Crippen molar-refractivity contribution in [3.05, 3.63) is 83.0 Å². The topological polar surface area (TPSA) is 60.8 Å². The summed E-state index contributed by atoms with van der Waals surface area (Å²) in [6.07, 6.45) is 0. The van der Waals surface area contributed by atoms with Gasteiger partial charge in [0.15, 0.2) is 0 Å². The maximum Gasteiger partial charge on any atom is 0.115 e. The van der Waals surface area contributed by atoms with Gasteiger partial charge >= 0.3 is 0 Å². The molecule has 0 bridgehead atoms. The summed E-state index contributed by atoms with van der Waals surface area (Å²) in [5, 5.41) is 13.2. The molecule has 0 saturated carbocycles. The number of phenols is 1. The third kappa shape index (κ3) is 3.62. The summed E-state index contributed by atoms with van der Waals surface area (Å²) in [7, 11) is 0. The fraction of sp³-hybridized carbons (Fsp3) is 0.280. The van der Waals surface area contributed by atoms with Crippen LogP contribution in [0.15, 0.2) is 65.7 Å². The number of rotatable bonds is 4. The van der Waals surface area contributed by atoms with Gasteiger partial charge in [-0.25, -0.2) is 0 Å². The fourth-order valence-electron chi connectivity index (χ4n) is 4.55. The first kappa shape index (κ1) is 19.0. The van der Waals surface area contributed by atoms with E-state index in [1.165, 1.54) is 16.7 Å². The van der Waals surface area contributed by atoms with Crippen LogP contribution in [0.1, 0.15) is 35.3 Å². The molecular weight excluding hydrogens is 372 g/mol. The van der Waals surface area contributed by atoms with Gasteiger partial charge in [0.05, 0.1) is 17.9 Å². The number of nitrogens with zero attached hydrogens (tertiary/aromatic N) is 3. The molecule has 0 spiro atoms. The maximum absolute atomic E-state index is 9.65. The fourth-order valence-corrected chi connectivity index (χ4v) is 4.55. The number of hydrogen-bond acceptors (Lipinski definition) is 5. The summed E-state index contributed by atoms with van der Waals surface area (Å²) in [6, 6.07) is 20.6. The van der Waals surface area contributed by atoms with Crippen LogP contribution in [0.3, 0.4) is 0 Å². The van der Waals surface area contributed by atoms with Crippen LogP contribution in [0, 0.1) is 0 Å². The van der Waals surface area contributed by atoms with Crippen LogP contribution in [0.2, 0.25) is 0 Å². The van der Waals surface area contributed by atoms with E-state index in [1.807, 2.05) is 12.1 Å². The minimum atomic E-state index is 0.269. The molecule has 1 aromatic heterocycles. The highest BCUT2D eigenvalue weighted by Gasteiger charge is 2.27. The van der Waals surface area contributed by atoms with Crippen molar-refractivity contribution >= 4 is 5.71 Å². The average molecular weight is 399 g/mol. The lowest BCUT2D eigenvalue weighted by atomic mass is 9.97. The van der Waals surface area contributed by atoms with E-state index in [4.69, 9.17) is 4.98 Å². The van der Waals surface area contributed by atoms with Crippen molar-refractivity contribution in [2.75, 3.05) is 19.6 Å². The highest BCUT2D eigenvalue weighted by Crippen LogP contribution is 2.31. The molecule has 5 rings (SSSR count). The summed E-state index contributed by atoms with van der Waals surface area (Å²) in [5.74, 6) is 0.269. The van der Waals surface area contributed by atoms with Crippen LogP contribution in [0.5, 0.6) is 5.75 Å². The summed E-state index contributed by atoms with van der Waals surface area (Å²) < 4.78 is 0. The second-order valence-electron chi connectivity index (χ2n) is 8.04. The molecule has 1 fully saturated rings. The van der Waals surface area contributed by atoms with Crippen LogP contribution in [0.25, 0.3) is 11.3 Å². The lowest BCUT2D eigenvalue weighted by Crippen LogP contribution is -2.45. The second-order valence-corrected chi connectivity index (χ2v) is 8.04. The molecule has 2 aromatic carbocycles. The first-order valence-corrected chi connectivity index (χ1v) is 10.5. The van der Waals surface area contributed by atoms with Gasteiger partial charge in [0, 0.05) is 49.1 Å². The standard InChI is InChI=1S/C25H26N4O/c1-17-25-20(16-29-12-11-26-15-24(29)19-5-3-2-4-6-19)13-22(28-23(25)14-27-17)18-7-9-21(30)10-8-18/h2-10,13,24,26,30H,11-12,14-16H2,1H3. The summed E-state index contributed by atoms with van der Waals surface area (Å²) in [4.78, 5) is 12.1. The molecule has 0 aliphatic carbocycles. The summed E-state index contributed by atoms with van der Waals surface area (Å²) in [6.45, 7) is 6.54. The van der Waals surface area contributed by atoms with E-state index in [-0.39, 0.29) is 5.75 Å². The largest absolute Gasteiger partial charge is 0.508 e. The van der Waals surface area contributed by atoms with Gasteiger partial charge < -0.3 is 10.4 Å². The molecule has 3 aromatic rings. The predicted molar refractivity (Wildman–Crippen MR) is 120 cm³/mol. The zero-order valence-corrected chi connectivity index (χ0v) is 17.2. The van der Waals surface area contributed by atoms with E-state index in [0.29, 0.717) is 12.6 Å². The Balaban J connectivity index is 1.52. The molecule has 1 atom stereocenters. The molecule has 1 unspecified atom stereocenters. The van der Waals surface area contributed by atoms with Crippen LogP contribution >= 0.6 is 0 Å². The maximum atomic E-state index is 9.65. The number of hydrogen-bond donors (Lipinski definition) is 2. The molecule has 5 nitrogen and oxygen atoms in total. The minimum Gasteiger partial charge on any atom is -0.508 e. The van der Waals surface area contributed by atoms with Crippen molar-refractivity contribution in [1.82, 2.24) is 15.2 Å². The zero-order chi connectivity index (χ0) is 20.5. The van der Waals surface area contributed by atoms with Crippen LogP contribution in [0.4, 0.5) is 0 Å². The Morgan fingerprint density at radius 3 is 2.70 bits per heavy atom. The molecule has 5 heteroatoms. The molecule has 2 N–H and O–H groups in total. The quantitative estimate of drug-likeness (QED) is 0.699. The first-order valence-electron chi connectivity index (χ1n) is 10.5. The van der Waals surface area contributed by atoms with Crippen molar-refractivity contribution in [2.24, 2.45) is 4.99 Å². The van der Waals surface area contributed by atoms with Crippen LogP contribution in [-0.2, 0) is 13.1 Å². The van der Waals surface area contributed by atoms with E-state index in [2.05, 4.69) is 58.5 Å². The highest BCUT2D eigenvalue weighted by atomic mass is 16.3. The van der Waals surface area contributed by atoms with Gasteiger partial charge in [-0.15, -0.1) is 0 Å². The Hall–Kier alpha value is -3.02. The Morgan fingerprint density at radius 2 is 1.90 bits per heavy atom. The number of aliphatic imine (C=N–C) groups is 1. The third-order valence-corrected chi connectivity index (χ3v) is 6.08. The van der Waals surface area contributed by atoms with E-state index in [9.17, 15) is 5.11 Å². The number of phenolic OH excluding ortho intramolecular Hbond substituents is 1. The molecule has 0 amide bonds. The molecule has 2 aliphatic rings. The third-order valence-electron chi connectivity index (χ3n) is 6.08. The van der Waals surface area contributed by atoms with Crippen LogP contribution < -0.4 is 5.32 Å². The van der Waals surface area contributed by atoms with Gasteiger partial charge in [-0.05, 0) is 48.4 Å². The molecule has 30 heavy (non-hydrogen) atoms. The van der Waals surface area contributed by atoms with Crippen molar-refractivity contribution in [2.45, 2.75) is 26.1 Å². The molecule has 0 radical (unpaired) electrons. The lowest BCUT2D eigenvalue weighted by molar-refractivity contribution is 0.153. The number of aromatic hydroxyl groups is 1. The van der Waals surface area contributed by atoms with Gasteiger partial charge in [-0.2, -0.15) is 0 Å². The van der Waals surface area contributed by atoms with E-state index < -0.39 is 0 Å². The molecule has 152 valence electrons. The lowest BCUT2D eigenvalue weighted by Gasteiger charge is -2.37. The Bertz CT molecular complexity index is 1080. The minimum absolute atomic E-state index is 0.269. The summed E-state index contributed by atoms with van der Waals surface area (Å²) >= 11 is 0. The number of piperazine rings is 1.